The van der Waals surface area contributed by atoms with E-state index >= 15 is 0 Å². The molecule has 0 radical (unpaired) electrons. The minimum atomic E-state index is -0.0855. The first-order valence-corrected chi connectivity index (χ1v) is 10.2. The molecule has 0 atom stereocenters. The molecule has 2 N–H and O–H groups in total. The molecule has 0 unspecified atom stereocenters. The van der Waals surface area contributed by atoms with Gasteiger partial charge >= 0.3 is 0 Å². The molecule has 0 bridgehead atoms. The highest BCUT2D eigenvalue weighted by Gasteiger charge is 2.30. The third kappa shape index (κ3) is 5.23. The van der Waals surface area contributed by atoms with Crippen molar-refractivity contribution in [2.24, 2.45) is 11.8 Å². The van der Waals surface area contributed by atoms with Gasteiger partial charge in [-0.2, -0.15) is 5.26 Å². The highest BCUT2D eigenvalue weighted by molar-refractivity contribution is 5.95. The normalized spacial score (nSPS) is 18.7. The summed E-state index contributed by atoms with van der Waals surface area (Å²) in [5.41, 5.74) is 3.28. The summed E-state index contributed by atoms with van der Waals surface area (Å²) < 4.78 is 0. The first-order chi connectivity index (χ1) is 14.0. The lowest BCUT2D eigenvalue weighted by Gasteiger charge is -2.27. The van der Waals surface area contributed by atoms with Crippen LogP contribution in [0.4, 0.5) is 11.4 Å². The lowest BCUT2D eigenvalue weighted by Crippen LogP contribution is -2.32. The van der Waals surface area contributed by atoms with Gasteiger partial charge in [-0.05, 0) is 67.5 Å². The Morgan fingerprint density at radius 1 is 0.897 bits per heavy atom. The van der Waals surface area contributed by atoms with Gasteiger partial charge in [0.15, 0.2) is 0 Å². The number of hydrogen-bond acceptors (Lipinski definition) is 3. The maximum atomic E-state index is 12.7. The minimum absolute atomic E-state index is 0.0151. The third-order valence-electron chi connectivity index (χ3n) is 5.59. The lowest BCUT2D eigenvalue weighted by atomic mass is 9.81. The van der Waals surface area contributed by atoms with Gasteiger partial charge in [0.25, 0.3) is 0 Å². The molecule has 0 heterocycles. The van der Waals surface area contributed by atoms with Gasteiger partial charge in [-0.1, -0.05) is 32.0 Å². The zero-order chi connectivity index (χ0) is 20.8. The topological polar surface area (TPSA) is 82.0 Å². The average molecular weight is 389 g/mol. The van der Waals surface area contributed by atoms with Gasteiger partial charge in [0.2, 0.25) is 11.8 Å². The van der Waals surface area contributed by atoms with Gasteiger partial charge in [-0.25, -0.2) is 0 Å². The first kappa shape index (κ1) is 20.6. The van der Waals surface area contributed by atoms with Crippen molar-refractivity contribution in [1.29, 1.82) is 5.26 Å². The Labute approximate surface area is 172 Å². The van der Waals surface area contributed by atoms with Crippen LogP contribution < -0.4 is 10.6 Å². The molecule has 2 aromatic rings. The van der Waals surface area contributed by atoms with Crippen LogP contribution in [-0.4, -0.2) is 11.8 Å². The number of hydrogen-bond donors (Lipinski definition) is 2. The number of nitrogens with zero attached hydrogens (tertiary/aromatic N) is 1. The summed E-state index contributed by atoms with van der Waals surface area (Å²) in [5.74, 6) is 0.225. The van der Waals surface area contributed by atoms with Crippen LogP contribution in [0.1, 0.15) is 56.6 Å². The van der Waals surface area contributed by atoms with E-state index in [0.717, 1.165) is 11.3 Å². The van der Waals surface area contributed by atoms with Crippen LogP contribution in [0.3, 0.4) is 0 Å². The molecular weight excluding hydrogens is 362 g/mol. The largest absolute Gasteiger partial charge is 0.326 e. The van der Waals surface area contributed by atoms with Crippen molar-refractivity contribution in [3.05, 3.63) is 59.7 Å². The molecule has 0 aromatic heterocycles. The minimum Gasteiger partial charge on any atom is -0.326 e. The fraction of sp³-hybridized carbons (Fsp3) is 0.375. The lowest BCUT2D eigenvalue weighted by molar-refractivity contribution is -0.125. The number of benzene rings is 2. The van der Waals surface area contributed by atoms with Crippen LogP contribution in [-0.2, 0) is 9.59 Å². The van der Waals surface area contributed by atoms with E-state index in [1.54, 1.807) is 24.3 Å². The van der Waals surface area contributed by atoms with E-state index in [-0.39, 0.29) is 23.7 Å². The number of nitriles is 1. The van der Waals surface area contributed by atoms with Gasteiger partial charge in [-0.15, -0.1) is 0 Å². The van der Waals surface area contributed by atoms with E-state index in [0.29, 0.717) is 42.9 Å². The Balaban J connectivity index is 1.52. The summed E-state index contributed by atoms with van der Waals surface area (Å²) >= 11 is 0. The molecule has 0 saturated heterocycles. The summed E-state index contributed by atoms with van der Waals surface area (Å²) in [6.07, 6.45) is 2.82. The van der Waals surface area contributed by atoms with Gasteiger partial charge < -0.3 is 10.6 Å². The predicted octanol–water partition coefficient (Wildman–Crippen LogP) is 5.07. The van der Waals surface area contributed by atoms with Crippen molar-refractivity contribution in [3.8, 4) is 6.07 Å². The van der Waals surface area contributed by atoms with Crippen molar-refractivity contribution in [1.82, 2.24) is 0 Å². The second kappa shape index (κ2) is 9.38. The Morgan fingerprint density at radius 2 is 1.45 bits per heavy atom. The van der Waals surface area contributed by atoms with Crippen LogP contribution in [0, 0.1) is 23.2 Å². The fourth-order valence-corrected chi connectivity index (χ4v) is 3.84. The number of carbonyl (C=O) groups excluding carboxylic acids is 2. The van der Waals surface area contributed by atoms with Crippen LogP contribution in [0.15, 0.2) is 48.5 Å². The molecule has 0 aliphatic heterocycles. The smallest absolute Gasteiger partial charge is 0.227 e. The molecule has 1 fully saturated rings. The Kier molecular flexibility index (Phi) is 6.66. The van der Waals surface area contributed by atoms with Crippen LogP contribution >= 0.6 is 0 Å². The molecule has 150 valence electrons. The Bertz CT molecular complexity index is 904. The number of amides is 2. The monoisotopic (exact) mass is 389 g/mol. The SMILES string of the molecule is CC(C)c1ccccc1NC(=O)C1CCC(C(=O)Nc2ccc(C#N)cc2)CC1. The van der Waals surface area contributed by atoms with E-state index < -0.39 is 0 Å². The number of anilines is 2. The molecule has 5 nitrogen and oxygen atoms in total. The molecule has 0 spiro atoms. The highest BCUT2D eigenvalue weighted by Crippen LogP contribution is 2.31. The maximum absolute atomic E-state index is 12.7. The zero-order valence-electron chi connectivity index (χ0n) is 16.9. The van der Waals surface area contributed by atoms with Gasteiger partial charge in [0.1, 0.15) is 0 Å². The number of rotatable bonds is 5. The zero-order valence-corrected chi connectivity index (χ0v) is 16.9. The van der Waals surface area contributed by atoms with E-state index in [1.165, 1.54) is 0 Å². The number of carbonyl (C=O) groups is 2. The first-order valence-electron chi connectivity index (χ1n) is 10.2. The van der Waals surface area contributed by atoms with Gasteiger partial charge in [-0.3, -0.25) is 9.59 Å². The van der Waals surface area contributed by atoms with Crippen molar-refractivity contribution in [3.63, 3.8) is 0 Å². The van der Waals surface area contributed by atoms with Crippen molar-refractivity contribution in [2.75, 3.05) is 10.6 Å². The fourth-order valence-electron chi connectivity index (χ4n) is 3.84. The molecule has 29 heavy (non-hydrogen) atoms. The summed E-state index contributed by atoms with van der Waals surface area (Å²) in [4.78, 5) is 25.3. The Morgan fingerprint density at radius 3 is 2.00 bits per heavy atom. The van der Waals surface area contributed by atoms with Crippen molar-refractivity contribution in [2.45, 2.75) is 45.4 Å². The van der Waals surface area contributed by atoms with Crippen molar-refractivity contribution < 1.29 is 9.59 Å². The molecule has 2 amide bonds. The standard InChI is InChI=1S/C24H27N3O2/c1-16(2)21-5-3-4-6-22(21)27-24(29)19-11-9-18(10-12-19)23(28)26-20-13-7-17(15-25)8-14-20/h3-8,13-14,16,18-19H,9-12H2,1-2H3,(H,26,28)(H,27,29). The molecule has 3 rings (SSSR count). The summed E-state index contributed by atoms with van der Waals surface area (Å²) in [6.45, 7) is 4.23. The predicted molar refractivity (Wildman–Crippen MR) is 114 cm³/mol. The molecule has 1 aliphatic rings. The summed E-state index contributed by atoms with van der Waals surface area (Å²) in [5, 5.41) is 14.9. The molecule has 5 heteroatoms. The second-order valence-electron chi connectivity index (χ2n) is 7.96. The number of nitrogens with one attached hydrogen (secondary N) is 2. The third-order valence-corrected chi connectivity index (χ3v) is 5.59. The quantitative estimate of drug-likeness (QED) is 0.749. The van der Waals surface area contributed by atoms with E-state index in [4.69, 9.17) is 5.26 Å². The van der Waals surface area contributed by atoms with Crippen LogP contribution in [0.5, 0.6) is 0 Å². The van der Waals surface area contributed by atoms with Gasteiger partial charge in [0, 0.05) is 23.2 Å². The van der Waals surface area contributed by atoms with E-state index in [2.05, 4.69) is 30.6 Å². The Hall–Kier alpha value is -3.13. The van der Waals surface area contributed by atoms with Crippen LogP contribution in [0.2, 0.25) is 0 Å². The average Bonchev–Trinajstić information content (AvgIpc) is 2.74. The molecule has 2 aromatic carbocycles. The highest BCUT2D eigenvalue weighted by atomic mass is 16.2. The molecule has 1 saturated carbocycles. The maximum Gasteiger partial charge on any atom is 0.227 e. The van der Waals surface area contributed by atoms with E-state index in [9.17, 15) is 9.59 Å². The van der Waals surface area contributed by atoms with Gasteiger partial charge in [0.05, 0.1) is 11.6 Å². The molecular formula is C24H27N3O2. The number of para-hydroxylation sites is 1. The summed E-state index contributed by atoms with van der Waals surface area (Å²) in [6, 6.07) is 16.8. The van der Waals surface area contributed by atoms with E-state index in [1.807, 2.05) is 24.3 Å². The molecule has 1 aliphatic carbocycles. The van der Waals surface area contributed by atoms with Crippen LogP contribution in [0.25, 0.3) is 0 Å². The second-order valence-corrected chi connectivity index (χ2v) is 7.96. The van der Waals surface area contributed by atoms with Crippen molar-refractivity contribution >= 4 is 23.2 Å². The summed E-state index contributed by atoms with van der Waals surface area (Å²) in [7, 11) is 0.